The second-order valence-corrected chi connectivity index (χ2v) is 19.4. The maximum Gasteiger partial charge on any atom is 0.388 e. The number of alkyl halides is 3. The summed E-state index contributed by atoms with van der Waals surface area (Å²) in [6.45, 7) is 0. The van der Waals surface area contributed by atoms with Gasteiger partial charge in [-0.25, -0.2) is 0 Å². The Labute approximate surface area is 84.7 Å². The van der Waals surface area contributed by atoms with Crippen molar-refractivity contribution in [2.75, 3.05) is 0 Å². The van der Waals surface area contributed by atoms with Crippen molar-refractivity contribution < 1.29 is 27.5 Å². The van der Waals surface area contributed by atoms with Gasteiger partial charge in [0.1, 0.15) is 15.6 Å². The monoisotopic (exact) mass is 262 g/mol. The summed E-state index contributed by atoms with van der Waals surface area (Å²) in [5, 5.41) is 9.10. The third-order valence-electron chi connectivity index (χ3n) is 2.31. The van der Waals surface area contributed by atoms with E-state index in [9.17, 15) is 18.0 Å². The molecule has 0 aliphatic carbocycles. The standard InChI is InChI=1S/C5H13F3O3Si3/c6-5(7,8)1-2-14(10)3-4(9)11-12-13-14/h4,9-10H,1-3,12-13H2. The average molecular weight is 262 g/mol. The number of hydrogen-bond acceptors (Lipinski definition) is 3. The molecule has 0 aromatic rings. The van der Waals surface area contributed by atoms with Crippen LogP contribution < -0.4 is 0 Å². The van der Waals surface area contributed by atoms with Crippen molar-refractivity contribution >= 4 is 25.7 Å². The topological polar surface area (TPSA) is 49.7 Å². The molecule has 0 radical (unpaired) electrons. The fraction of sp³-hybridized carbons (Fsp3) is 1.00. The number of halogens is 3. The summed E-state index contributed by atoms with van der Waals surface area (Å²) in [5.41, 5.74) is 0. The molecule has 3 nitrogen and oxygen atoms in total. The molecule has 1 saturated heterocycles. The highest BCUT2D eigenvalue weighted by atomic mass is 29.6. The maximum absolute atomic E-state index is 11.9. The number of hydrogen-bond donors (Lipinski definition) is 2. The molecule has 14 heavy (non-hydrogen) atoms. The highest BCUT2D eigenvalue weighted by molar-refractivity contribution is 7.40. The molecule has 2 unspecified atom stereocenters. The summed E-state index contributed by atoms with van der Waals surface area (Å²) in [4.78, 5) is 9.90. The SMILES string of the molecule is OC1C[Si](O)(CCC(F)(F)F)[SiH2][SiH2]O1. The van der Waals surface area contributed by atoms with E-state index in [1.807, 2.05) is 0 Å². The maximum atomic E-state index is 11.9. The van der Waals surface area contributed by atoms with E-state index in [2.05, 4.69) is 0 Å². The van der Waals surface area contributed by atoms with Crippen molar-refractivity contribution in [3.05, 3.63) is 0 Å². The van der Waals surface area contributed by atoms with E-state index in [1.54, 1.807) is 0 Å². The van der Waals surface area contributed by atoms with E-state index in [0.29, 0.717) is 0 Å². The zero-order valence-corrected chi connectivity index (χ0v) is 11.4. The third kappa shape index (κ3) is 4.23. The summed E-state index contributed by atoms with van der Waals surface area (Å²) in [6.07, 6.45) is -6.10. The highest BCUT2D eigenvalue weighted by Crippen LogP contribution is 2.28. The van der Waals surface area contributed by atoms with Crippen LogP contribution in [0.5, 0.6) is 0 Å². The lowest BCUT2D eigenvalue weighted by Gasteiger charge is -2.32. The van der Waals surface area contributed by atoms with Gasteiger partial charge in [0, 0.05) is 12.5 Å². The Bertz CT molecular complexity index is 202. The first-order valence-corrected chi connectivity index (χ1v) is 13.7. The van der Waals surface area contributed by atoms with Crippen molar-refractivity contribution in [3.63, 3.8) is 0 Å². The van der Waals surface area contributed by atoms with E-state index in [4.69, 9.17) is 9.53 Å². The Morgan fingerprint density at radius 1 is 1.50 bits per heavy atom. The van der Waals surface area contributed by atoms with Gasteiger partial charge in [-0.15, -0.1) is 0 Å². The zero-order chi connectivity index (χ0) is 10.8. The molecule has 1 aliphatic heterocycles. The molecule has 0 aromatic heterocycles. The Morgan fingerprint density at radius 3 is 2.64 bits per heavy atom. The fourth-order valence-corrected chi connectivity index (χ4v) is 18.3. The molecule has 1 heterocycles. The van der Waals surface area contributed by atoms with Gasteiger partial charge in [-0.3, -0.25) is 0 Å². The Kier molecular flexibility index (Phi) is 3.94. The van der Waals surface area contributed by atoms with Crippen LogP contribution in [0.25, 0.3) is 0 Å². The molecular weight excluding hydrogens is 249 g/mol. The first-order chi connectivity index (χ1) is 6.31. The van der Waals surface area contributed by atoms with Gasteiger partial charge < -0.3 is 14.3 Å². The lowest BCUT2D eigenvalue weighted by molar-refractivity contribution is -0.131. The largest absolute Gasteiger partial charge is 0.435 e. The van der Waals surface area contributed by atoms with E-state index >= 15 is 0 Å². The van der Waals surface area contributed by atoms with E-state index in [-0.39, 0.29) is 12.1 Å². The Hall–Kier alpha value is 0.321. The molecule has 2 atom stereocenters. The zero-order valence-electron chi connectivity index (χ0n) is 7.55. The van der Waals surface area contributed by atoms with Gasteiger partial charge in [-0.05, 0) is 6.04 Å². The molecular formula is C5H13F3O3Si3. The van der Waals surface area contributed by atoms with E-state index < -0.39 is 44.6 Å². The molecule has 84 valence electrons. The molecule has 1 fully saturated rings. The summed E-state index contributed by atoms with van der Waals surface area (Å²) >= 11 is 0. The average Bonchev–Trinajstić information content (AvgIpc) is 1.99. The second kappa shape index (κ2) is 4.45. The van der Waals surface area contributed by atoms with Gasteiger partial charge in [-0.2, -0.15) is 13.2 Å². The lowest BCUT2D eigenvalue weighted by Crippen LogP contribution is -2.53. The summed E-state index contributed by atoms with van der Waals surface area (Å²) < 4.78 is 40.7. The van der Waals surface area contributed by atoms with Gasteiger partial charge in [0.15, 0.2) is 7.83 Å². The quantitative estimate of drug-likeness (QED) is 0.621. The molecule has 9 heteroatoms. The molecule has 2 N–H and O–H groups in total. The third-order valence-corrected chi connectivity index (χ3v) is 22.6. The summed E-state index contributed by atoms with van der Waals surface area (Å²) in [5.74, 6) is 0. The van der Waals surface area contributed by atoms with Crippen molar-refractivity contribution in [2.45, 2.75) is 31.0 Å². The molecule has 1 aliphatic rings. The van der Waals surface area contributed by atoms with Crippen LogP contribution >= 0.6 is 0 Å². The molecule has 0 amide bonds. The van der Waals surface area contributed by atoms with Crippen LogP contribution in [-0.2, 0) is 4.43 Å². The van der Waals surface area contributed by atoms with E-state index in [0.717, 1.165) is 0 Å². The van der Waals surface area contributed by atoms with E-state index in [1.165, 1.54) is 0 Å². The second-order valence-electron chi connectivity index (χ2n) is 3.62. The molecule has 0 bridgehead atoms. The molecule has 0 spiro atoms. The van der Waals surface area contributed by atoms with Crippen LogP contribution in [0.1, 0.15) is 6.42 Å². The minimum atomic E-state index is -4.19. The molecule has 1 rings (SSSR count). The van der Waals surface area contributed by atoms with Gasteiger partial charge >= 0.3 is 6.18 Å². The highest BCUT2D eigenvalue weighted by Gasteiger charge is 2.41. The van der Waals surface area contributed by atoms with Gasteiger partial charge in [0.2, 0.25) is 0 Å². The van der Waals surface area contributed by atoms with Crippen LogP contribution in [0.4, 0.5) is 13.2 Å². The van der Waals surface area contributed by atoms with Crippen molar-refractivity contribution in [3.8, 4) is 0 Å². The number of aliphatic hydroxyl groups is 1. The van der Waals surface area contributed by atoms with Gasteiger partial charge in [0.25, 0.3) is 0 Å². The Morgan fingerprint density at radius 2 is 2.14 bits per heavy atom. The first-order valence-electron chi connectivity index (χ1n) is 4.40. The minimum absolute atomic E-state index is 0.0856. The van der Waals surface area contributed by atoms with Crippen LogP contribution in [0.15, 0.2) is 0 Å². The predicted octanol–water partition coefficient (Wildman–Crippen LogP) is -1.11. The van der Waals surface area contributed by atoms with Crippen molar-refractivity contribution in [1.82, 2.24) is 0 Å². The van der Waals surface area contributed by atoms with Crippen molar-refractivity contribution in [1.29, 1.82) is 0 Å². The number of aliphatic hydroxyl groups excluding tert-OH is 1. The fourth-order valence-electron chi connectivity index (χ4n) is 1.47. The first kappa shape index (κ1) is 12.4. The number of rotatable bonds is 2. The normalized spacial score (nSPS) is 37.9. The predicted molar refractivity (Wildman–Crippen MR) is 52.4 cm³/mol. The van der Waals surface area contributed by atoms with Crippen LogP contribution in [0, 0.1) is 0 Å². The van der Waals surface area contributed by atoms with Crippen molar-refractivity contribution in [2.24, 2.45) is 0 Å². The van der Waals surface area contributed by atoms with Gasteiger partial charge in [0.05, 0.1) is 8.55 Å². The lowest BCUT2D eigenvalue weighted by atomic mass is 10.5. The summed E-state index contributed by atoms with van der Waals surface area (Å²) in [7, 11) is -4.40. The molecule has 0 saturated carbocycles. The Balaban J connectivity index is 2.41. The van der Waals surface area contributed by atoms with Gasteiger partial charge in [-0.1, -0.05) is 0 Å². The smallest absolute Gasteiger partial charge is 0.388 e. The minimum Gasteiger partial charge on any atom is -0.435 e. The van der Waals surface area contributed by atoms with Crippen LogP contribution in [-0.4, -0.2) is 48.0 Å². The molecule has 0 aromatic carbocycles. The van der Waals surface area contributed by atoms with Crippen LogP contribution in [0.2, 0.25) is 12.1 Å². The summed E-state index contributed by atoms with van der Waals surface area (Å²) in [6, 6.07) is -0.0571. The van der Waals surface area contributed by atoms with Crippen LogP contribution in [0.3, 0.4) is 0 Å².